The highest BCUT2D eigenvalue weighted by molar-refractivity contribution is 7.13. The first-order chi connectivity index (χ1) is 13.9. The molecule has 0 saturated heterocycles. The van der Waals surface area contributed by atoms with E-state index in [0.29, 0.717) is 5.01 Å². The van der Waals surface area contributed by atoms with Gasteiger partial charge in [0.1, 0.15) is 11.6 Å². The molecule has 9 heteroatoms. The van der Waals surface area contributed by atoms with Gasteiger partial charge in [-0.25, -0.2) is 19.4 Å². The number of nitrogens with zero attached hydrogens (tertiary/aromatic N) is 1. The molecule has 8 nitrogen and oxygen atoms in total. The summed E-state index contributed by atoms with van der Waals surface area (Å²) >= 11 is 1.33. The fourth-order valence-corrected chi connectivity index (χ4v) is 3.60. The van der Waals surface area contributed by atoms with Crippen LogP contribution in [0.15, 0.2) is 40.9 Å². The van der Waals surface area contributed by atoms with Crippen molar-refractivity contribution in [1.82, 2.24) is 15.6 Å². The van der Waals surface area contributed by atoms with Crippen molar-refractivity contribution in [3.63, 3.8) is 0 Å². The van der Waals surface area contributed by atoms with Gasteiger partial charge in [-0.3, -0.25) is 0 Å². The number of rotatable bonds is 6. The Labute approximate surface area is 171 Å². The van der Waals surface area contributed by atoms with Crippen LogP contribution < -0.4 is 10.6 Å². The molecule has 1 aromatic carbocycles. The second-order valence-corrected chi connectivity index (χ2v) is 7.27. The molecular weight excluding hydrogens is 394 g/mol. The Morgan fingerprint density at radius 1 is 1.17 bits per heavy atom. The van der Waals surface area contributed by atoms with Gasteiger partial charge >= 0.3 is 18.0 Å². The molecule has 0 unspecified atom stereocenters. The third-order valence-corrected chi connectivity index (χ3v) is 5.12. The Bertz CT molecular complexity index is 965. The first kappa shape index (κ1) is 20.5. The number of urea groups is 1. The Morgan fingerprint density at radius 2 is 1.90 bits per heavy atom. The van der Waals surface area contributed by atoms with Crippen molar-refractivity contribution in [1.29, 1.82) is 0 Å². The number of benzene rings is 1. The van der Waals surface area contributed by atoms with E-state index in [4.69, 9.17) is 9.47 Å². The predicted octanol–water partition coefficient (Wildman–Crippen LogP) is 2.79. The maximum absolute atomic E-state index is 12.4. The lowest BCUT2D eigenvalue weighted by Gasteiger charge is -2.26. The van der Waals surface area contributed by atoms with E-state index >= 15 is 0 Å². The number of hydrogen-bond donors (Lipinski definition) is 2. The fraction of sp³-hybridized carbons (Fsp3) is 0.300. The molecule has 2 N–H and O–H groups in total. The Balaban J connectivity index is 1.73. The number of thiazole rings is 1. The third-order valence-electron chi connectivity index (χ3n) is 4.22. The minimum Gasteiger partial charge on any atom is -0.463 e. The summed E-state index contributed by atoms with van der Waals surface area (Å²) in [5.74, 6) is -1.22. The van der Waals surface area contributed by atoms with E-state index in [0.717, 1.165) is 11.1 Å². The summed E-state index contributed by atoms with van der Waals surface area (Å²) < 4.78 is 10.3. The van der Waals surface area contributed by atoms with Gasteiger partial charge in [-0.2, -0.15) is 0 Å². The maximum atomic E-state index is 12.4. The fourth-order valence-electron chi connectivity index (χ4n) is 2.80. The Morgan fingerprint density at radius 3 is 2.59 bits per heavy atom. The number of aryl methyl sites for hydroxylation is 1. The van der Waals surface area contributed by atoms with E-state index < -0.39 is 24.0 Å². The van der Waals surface area contributed by atoms with Crippen LogP contribution in [0.4, 0.5) is 4.79 Å². The van der Waals surface area contributed by atoms with Crippen LogP contribution in [-0.4, -0.2) is 42.2 Å². The van der Waals surface area contributed by atoms with Gasteiger partial charge in [-0.1, -0.05) is 29.8 Å². The van der Waals surface area contributed by atoms with Crippen LogP contribution in [0.2, 0.25) is 0 Å². The van der Waals surface area contributed by atoms with Crippen LogP contribution in [0.3, 0.4) is 0 Å². The molecule has 29 heavy (non-hydrogen) atoms. The lowest BCUT2D eigenvalue weighted by molar-refractivity contribution is -0.139. The van der Waals surface area contributed by atoms with Crippen molar-refractivity contribution in [2.45, 2.75) is 26.8 Å². The lowest BCUT2D eigenvalue weighted by Crippen LogP contribution is -2.50. The number of carbonyl (C=O) groups excluding carboxylic acids is 3. The molecule has 1 aliphatic heterocycles. The highest BCUT2D eigenvalue weighted by Gasteiger charge is 2.30. The normalized spacial score (nSPS) is 16.1. The number of nitrogens with one attached hydrogen (secondary N) is 2. The first-order valence-electron chi connectivity index (χ1n) is 9.06. The van der Waals surface area contributed by atoms with Crippen molar-refractivity contribution in [3.8, 4) is 10.6 Å². The number of hydrogen-bond acceptors (Lipinski definition) is 7. The number of esters is 2. The average molecular weight is 415 g/mol. The molecule has 2 heterocycles. The second kappa shape index (κ2) is 8.87. The molecule has 1 atom stereocenters. The van der Waals surface area contributed by atoms with Gasteiger partial charge in [0.15, 0.2) is 5.69 Å². The predicted molar refractivity (Wildman–Crippen MR) is 107 cm³/mol. The smallest absolute Gasteiger partial charge is 0.358 e. The minimum atomic E-state index is -0.643. The summed E-state index contributed by atoms with van der Waals surface area (Å²) in [5, 5.41) is 7.41. The van der Waals surface area contributed by atoms with E-state index in [-0.39, 0.29) is 30.2 Å². The van der Waals surface area contributed by atoms with E-state index in [1.807, 2.05) is 31.2 Å². The highest BCUT2D eigenvalue weighted by atomic mass is 32.1. The number of ether oxygens (including phenoxy) is 2. The van der Waals surface area contributed by atoms with E-state index in [9.17, 15) is 14.4 Å². The van der Waals surface area contributed by atoms with Gasteiger partial charge in [-0.15, -0.1) is 11.3 Å². The van der Waals surface area contributed by atoms with Gasteiger partial charge in [0.2, 0.25) is 0 Å². The molecular formula is C20H21N3O5S. The molecule has 2 amide bonds. The van der Waals surface area contributed by atoms with E-state index in [1.165, 1.54) is 11.3 Å². The molecule has 3 rings (SSSR count). The zero-order chi connectivity index (χ0) is 21.0. The molecule has 0 aliphatic carbocycles. The standard InChI is InChI=1S/C20H21N3O5S/c1-4-27-19(25)16-12(3)21-20(26)23-14(16)9-28-18(24)15-10-29-17(22-15)13-7-5-11(2)6-8-13/h5-8,10,12H,4,9H2,1-3H3,(H2,21,23,26)/t12-/m0/s1. The molecule has 0 bridgehead atoms. The molecule has 152 valence electrons. The largest absolute Gasteiger partial charge is 0.463 e. The molecule has 2 aromatic rings. The Hall–Kier alpha value is -3.20. The summed E-state index contributed by atoms with van der Waals surface area (Å²) in [6.45, 7) is 5.25. The van der Waals surface area contributed by atoms with Gasteiger partial charge < -0.3 is 20.1 Å². The van der Waals surface area contributed by atoms with Crippen molar-refractivity contribution < 1.29 is 23.9 Å². The average Bonchev–Trinajstić information content (AvgIpc) is 3.16. The quantitative estimate of drug-likeness (QED) is 0.703. The molecule has 0 radical (unpaired) electrons. The topological polar surface area (TPSA) is 107 Å². The van der Waals surface area contributed by atoms with Gasteiger partial charge in [0, 0.05) is 10.9 Å². The zero-order valence-electron chi connectivity index (χ0n) is 16.3. The summed E-state index contributed by atoms with van der Waals surface area (Å²) in [6.07, 6.45) is 0. The van der Waals surface area contributed by atoms with E-state index in [2.05, 4.69) is 15.6 Å². The molecule has 0 fully saturated rings. The first-order valence-corrected chi connectivity index (χ1v) is 9.94. The van der Waals surface area contributed by atoms with Crippen LogP contribution in [0, 0.1) is 6.92 Å². The van der Waals surface area contributed by atoms with Crippen molar-refractivity contribution in [2.75, 3.05) is 13.2 Å². The van der Waals surface area contributed by atoms with Crippen molar-refractivity contribution >= 4 is 29.3 Å². The van der Waals surface area contributed by atoms with Crippen LogP contribution in [0.1, 0.15) is 29.9 Å². The van der Waals surface area contributed by atoms with Gasteiger partial charge in [-0.05, 0) is 20.8 Å². The molecule has 1 aliphatic rings. The van der Waals surface area contributed by atoms with Crippen LogP contribution in [0.25, 0.3) is 10.6 Å². The van der Waals surface area contributed by atoms with Crippen LogP contribution in [-0.2, 0) is 14.3 Å². The molecule has 0 saturated carbocycles. The number of aromatic nitrogens is 1. The minimum absolute atomic E-state index is 0.164. The maximum Gasteiger partial charge on any atom is 0.358 e. The number of amides is 2. The zero-order valence-corrected chi connectivity index (χ0v) is 17.1. The second-order valence-electron chi connectivity index (χ2n) is 6.41. The molecule has 0 spiro atoms. The summed E-state index contributed by atoms with van der Waals surface area (Å²) in [5.41, 5.74) is 2.62. The SMILES string of the molecule is CCOC(=O)C1=C(COC(=O)c2csc(-c3ccc(C)cc3)n2)NC(=O)N[C@H]1C. The highest BCUT2D eigenvalue weighted by Crippen LogP contribution is 2.24. The van der Waals surface area contributed by atoms with Gasteiger partial charge in [0.25, 0.3) is 0 Å². The number of carbonyl (C=O) groups is 3. The van der Waals surface area contributed by atoms with E-state index in [1.54, 1.807) is 19.2 Å². The van der Waals surface area contributed by atoms with Crippen molar-refractivity contribution in [2.24, 2.45) is 0 Å². The lowest BCUT2D eigenvalue weighted by atomic mass is 10.0. The third kappa shape index (κ3) is 4.80. The van der Waals surface area contributed by atoms with Crippen LogP contribution >= 0.6 is 11.3 Å². The van der Waals surface area contributed by atoms with Crippen LogP contribution in [0.5, 0.6) is 0 Å². The van der Waals surface area contributed by atoms with Gasteiger partial charge in [0.05, 0.1) is 23.9 Å². The summed E-state index contributed by atoms with van der Waals surface area (Å²) in [7, 11) is 0. The monoisotopic (exact) mass is 415 g/mol. The summed E-state index contributed by atoms with van der Waals surface area (Å²) in [4.78, 5) is 40.7. The molecule has 1 aromatic heterocycles. The van der Waals surface area contributed by atoms with Crippen molar-refractivity contribution in [3.05, 3.63) is 52.2 Å². The summed E-state index contributed by atoms with van der Waals surface area (Å²) in [6, 6.07) is 6.77. The Kier molecular flexibility index (Phi) is 6.28.